The molecule has 3 atom stereocenters. The number of anilines is 1. The normalized spacial score (nSPS) is 29.9. The first-order chi connectivity index (χ1) is 11.3. The summed E-state index contributed by atoms with van der Waals surface area (Å²) in [6.07, 6.45) is 5.09. The highest BCUT2D eigenvalue weighted by Crippen LogP contribution is 2.49. The summed E-state index contributed by atoms with van der Waals surface area (Å²) in [5.41, 5.74) is 1.14. The summed E-state index contributed by atoms with van der Waals surface area (Å²) in [6, 6.07) is 8.15. The molecule has 2 saturated carbocycles. The van der Waals surface area contributed by atoms with Crippen LogP contribution in [0.1, 0.15) is 25.7 Å². The molecule has 4 nitrogen and oxygen atoms in total. The molecule has 1 amide bonds. The molecular formula is C19H26N2O2. The highest BCUT2D eigenvalue weighted by Gasteiger charge is 2.44. The third kappa shape index (κ3) is 2.68. The van der Waals surface area contributed by atoms with E-state index in [0.717, 1.165) is 50.0 Å². The van der Waals surface area contributed by atoms with Crippen molar-refractivity contribution in [2.24, 2.45) is 17.8 Å². The third-order valence-electron chi connectivity index (χ3n) is 6.07. The Bertz CT molecular complexity index is 580. The van der Waals surface area contributed by atoms with Crippen LogP contribution in [-0.2, 0) is 4.79 Å². The van der Waals surface area contributed by atoms with Gasteiger partial charge in [0, 0.05) is 32.1 Å². The van der Waals surface area contributed by atoms with Gasteiger partial charge in [0.05, 0.1) is 12.8 Å². The average molecular weight is 314 g/mol. The molecule has 124 valence electrons. The lowest BCUT2D eigenvalue weighted by Crippen LogP contribution is -2.51. The molecule has 1 aromatic rings. The third-order valence-corrected chi connectivity index (χ3v) is 6.07. The largest absolute Gasteiger partial charge is 0.495 e. The molecule has 0 unspecified atom stereocenters. The van der Waals surface area contributed by atoms with Gasteiger partial charge in [0.25, 0.3) is 0 Å². The van der Waals surface area contributed by atoms with Crippen LogP contribution in [0.3, 0.4) is 0 Å². The van der Waals surface area contributed by atoms with Crippen LogP contribution in [0.5, 0.6) is 5.75 Å². The SMILES string of the molecule is COc1ccccc1N1CCN(C(=O)[C@@H]2C[C@H]3CC[C@H]2C3)CC1. The minimum atomic E-state index is 0.326. The zero-order valence-electron chi connectivity index (χ0n) is 13.9. The number of para-hydroxylation sites is 2. The molecule has 2 aliphatic carbocycles. The second-order valence-electron chi connectivity index (χ2n) is 7.27. The van der Waals surface area contributed by atoms with Gasteiger partial charge in [-0.25, -0.2) is 0 Å². The second-order valence-corrected chi connectivity index (χ2v) is 7.27. The van der Waals surface area contributed by atoms with E-state index in [2.05, 4.69) is 15.9 Å². The summed E-state index contributed by atoms with van der Waals surface area (Å²) in [6.45, 7) is 3.47. The monoisotopic (exact) mass is 314 g/mol. The zero-order valence-corrected chi connectivity index (χ0v) is 13.9. The van der Waals surface area contributed by atoms with Crippen LogP contribution < -0.4 is 9.64 Å². The standard InChI is InChI=1S/C19H26N2O2/c1-23-18-5-3-2-4-17(18)20-8-10-21(11-9-20)19(22)16-13-14-6-7-15(16)12-14/h2-5,14-16H,6-13H2,1H3/t14-,15-,16+/m0/s1. The maximum atomic E-state index is 12.8. The molecule has 0 N–H and O–H groups in total. The highest BCUT2D eigenvalue weighted by molar-refractivity contribution is 5.80. The number of amides is 1. The van der Waals surface area contributed by atoms with E-state index in [-0.39, 0.29) is 0 Å². The van der Waals surface area contributed by atoms with Crippen molar-refractivity contribution < 1.29 is 9.53 Å². The first-order valence-corrected chi connectivity index (χ1v) is 8.93. The molecule has 1 heterocycles. The van der Waals surface area contributed by atoms with Crippen molar-refractivity contribution in [3.8, 4) is 5.75 Å². The summed E-state index contributed by atoms with van der Waals surface area (Å²) in [7, 11) is 1.72. The van der Waals surface area contributed by atoms with Gasteiger partial charge in [-0.2, -0.15) is 0 Å². The van der Waals surface area contributed by atoms with Crippen molar-refractivity contribution in [2.75, 3.05) is 38.2 Å². The van der Waals surface area contributed by atoms with Crippen LogP contribution in [0.25, 0.3) is 0 Å². The summed E-state index contributed by atoms with van der Waals surface area (Å²) >= 11 is 0. The Morgan fingerprint density at radius 2 is 1.87 bits per heavy atom. The van der Waals surface area contributed by atoms with Crippen molar-refractivity contribution in [1.82, 2.24) is 4.90 Å². The molecule has 1 saturated heterocycles. The maximum absolute atomic E-state index is 12.8. The summed E-state index contributed by atoms with van der Waals surface area (Å²) in [5.74, 6) is 3.19. The lowest BCUT2D eigenvalue weighted by atomic mass is 9.87. The zero-order chi connectivity index (χ0) is 15.8. The fourth-order valence-electron chi connectivity index (χ4n) is 4.84. The van der Waals surface area contributed by atoms with Crippen molar-refractivity contribution in [3.63, 3.8) is 0 Å². The van der Waals surface area contributed by atoms with Crippen molar-refractivity contribution >= 4 is 11.6 Å². The Hall–Kier alpha value is -1.71. The number of benzene rings is 1. The number of piperazine rings is 1. The Morgan fingerprint density at radius 3 is 2.52 bits per heavy atom. The Labute approximate surface area is 138 Å². The van der Waals surface area contributed by atoms with Crippen LogP contribution in [0.15, 0.2) is 24.3 Å². The van der Waals surface area contributed by atoms with Crippen LogP contribution >= 0.6 is 0 Å². The smallest absolute Gasteiger partial charge is 0.226 e. The molecule has 2 bridgehead atoms. The Balaban J connectivity index is 1.38. The van der Waals surface area contributed by atoms with E-state index in [1.807, 2.05) is 18.2 Å². The van der Waals surface area contributed by atoms with Gasteiger partial charge in [-0.15, -0.1) is 0 Å². The Morgan fingerprint density at radius 1 is 1.09 bits per heavy atom. The molecule has 1 aromatic carbocycles. The molecule has 0 spiro atoms. The van der Waals surface area contributed by atoms with Crippen LogP contribution in [0.2, 0.25) is 0 Å². The van der Waals surface area contributed by atoms with Crippen molar-refractivity contribution in [3.05, 3.63) is 24.3 Å². The van der Waals surface area contributed by atoms with E-state index in [4.69, 9.17) is 4.74 Å². The number of carbonyl (C=O) groups is 1. The summed E-state index contributed by atoms with van der Waals surface area (Å²) < 4.78 is 5.47. The van der Waals surface area contributed by atoms with Gasteiger partial charge < -0.3 is 14.5 Å². The number of ether oxygens (including phenoxy) is 1. The maximum Gasteiger partial charge on any atom is 0.226 e. The van der Waals surface area contributed by atoms with Crippen LogP contribution in [-0.4, -0.2) is 44.1 Å². The lowest BCUT2D eigenvalue weighted by Gasteiger charge is -2.38. The Kier molecular flexibility index (Phi) is 3.92. The van der Waals surface area contributed by atoms with Gasteiger partial charge in [-0.1, -0.05) is 18.6 Å². The molecule has 4 rings (SSSR count). The average Bonchev–Trinajstić information content (AvgIpc) is 3.24. The van der Waals surface area contributed by atoms with Gasteiger partial charge in [0.2, 0.25) is 5.91 Å². The number of hydrogen-bond acceptors (Lipinski definition) is 3. The quantitative estimate of drug-likeness (QED) is 0.860. The van der Waals surface area contributed by atoms with Gasteiger partial charge in [-0.3, -0.25) is 4.79 Å². The van der Waals surface area contributed by atoms with Crippen molar-refractivity contribution in [2.45, 2.75) is 25.7 Å². The number of methoxy groups -OCH3 is 1. The van der Waals surface area contributed by atoms with E-state index in [1.54, 1.807) is 7.11 Å². The minimum absolute atomic E-state index is 0.326. The predicted molar refractivity (Wildman–Crippen MR) is 90.7 cm³/mol. The molecule has 1 aliphatic heterocycles. The molecular weight excluding hydrogens is 288 g/mol. The van der Waals surface area contributed by atoms with E-state index in [0.29, 0.717) is 17.7 Å². The number of nitrogens with zero attached hydrogens (tertiary/aromatic N) is 2. The van der Waals surface area contributed by atoms with Gasteiger partial charge >= 0.3 is 0 Å². The number of rotatable bonds is 3. The predicted octanol–water partition coefficient (Wildman–Crippen LogP) is 2.78. The fourth-order valence-corrected chi connectivity index (χ4v) is 4.84. The van der Waals surface area contributed by atoms with Gasteiger partial charge in [-0.05, 0) is 43.2 Å². The summed E-state index contributed by atoms with van der Waals surface area (Å²) in [5, 5.41) is 0. The summed E-state index contributed by atoms with van der Waals surface area (Å²) in [4.78, 5) is 17.3. The van der Waals surface area contributed by atoms with E-state index in [9.17, 15) is 4.79 Å². The fraction of sp³-hybridized carbons (Fsp3) is 0.632. The minimum Gasteiger partial charge on any atom is -0.495 e. The highest BCUT2D eigenvalue weighted by atomic mass is 16.5. The lowest BCUT2D eigenvalue weighted by molar-refractivity contribution is -0.137. The van der Waals surface area contributed by atoms with Gasteiger partial charge in [0.1, 0.15) is 5.75 Å². The number of fused-ring (bicyclic) bond motifs is 2. The molecule has 23 heavy (non-hydrogen) atoms. The first-order valence-electron chi connectivity index (χ1n) is 8.93. The van der Waals surface area contributed by atoms with Gasteiger partial charge in [0.15, 0.2) is 0 Å². The molecule has 4 heteroatoms. The molecule has 3 aliphatic rings. The van der Waals surface area contributed by atoms with Crippen LogP contribution in [0, 0.1) is 17.8 Å². The molecule has 0 radical (unpaired) electrons. The second kappa shape index (κ2) is 6.06. The number of hydrogen-bond donors (Lipinski definition) is 0. The van der Waals surface area contributed by atoms with Crippen LogP contribution in [0.4, 0.5) is 5.69 Å². The first kappa shape index (κ1) is 14.9. The van der Waals surface area contributed by atoms with E-state index in [1.165, 1.54) is 19.3 Å². The molecule has 3 fully saturated rings. The van der Waals surface area contributed by atoms with E-state index >= 15 is 0 Å². The van der Waals surface area contributed by atoms with Crippen molar-refractivity contribution in [1.29, 1.82) is 0 Å². The molecule has 0 aromatic heterocycles. The van der Waals surface area contributed by atoms with E-state index < -0.39 is 0 Å². The topological polar surface area (TPSA) is 32.8 Å². The number of carbonyl (C=O) groups excluding carboxylic acids is 1.